The standard InChI is InChI=1S/C25H27N3O3/c1-16-23(17-8-11-20(12-9-17)31-19-6-4-3-5-7-19)28(25(29)24(16)30-2)18-10-13-21-22(14-18)27-15-26-21/h3-7,10,13-15,17,20,23H,8-9,11-12H2,1-2H3,(H,26,27). The zero-order valence-electron chi connectivity index (χ0n) is 17.9. The largest absolute Gasteiger partial charge is 0.491 e. The Morgan fingerprint density at radius 1 is 1.06 bits per heavy atom. The normalized spacial score (nSPS) is 24.1. The van der Waals surface area contributed by atoms with E-state index in [4.69, 9.17) is 9.47 Å². The first-order valence-corrected chi connectivity index (χ1v) is 10.9. The van der Waals surface area contributed by atoms with E-state index in [9.17, 15) is 4.79 Å². The molecule has 3 aromatic rings. The molecule has 6 heteroatoms. The van der Waals surface area contributed by atoms with E-state index in [1.165, 1.54) is 0 Å². The van der Waals surface area contributed by atoms with E-state index in [1.807, 2.05) is 60.4 Å². The van der Waals surface area contributed by atoms with Crippen molar-refractivity contribution in [2.24, 2.45) is 5.92 Å². The maximum absolute atomic E-state index is 13.3. The summed E-state index contributed by atoms with van der Waals surface area (Å²) in [6, 6.07) is 15.9. The number of aromatic nitrogens is 2. The van der Waals surface area contributed by atoms with Crippen LogP contribution in [-0.2, 0) is 9.53 Å². The lowest BCUT2D eigenvalue weighted by atomic mass is 9.80. The Kier molecular flexibility index (Phi) is 5.14. The fourth-order valence-corrected chi connectivity index (χ4v) is 5.11. The number of H-pyrrole nitrogens is 1. The van der Waals surface area contributed by atoms with Crippen molar-refractivity contribution in [2.45, 2.75) is 44.8 Å². The number of carbonyl (C=O) groups is 1. The predicted molar refractivity (Wildman–Crippen MR) is 120 cm³/mol. The van der Waals surface area contributed by atoms with E-state index in [1.54, 1.807) is 13.4 Å². The summed E-state index contributed by atoms with van der Waals surface area (Å²) >= 11 is 0. The molecular weight excluding hydrogens is 390 g/mol. The molecule has 1 fully saturated rings. The first-order valence-electron chi connectivity index (χ1n) is 10.9. The Morgan fingerprint density at radius 3 is 2.58 bits per heavy atom. The number of nitrogens with zero attached hydrogens (tertiary/aromatic N) is 2. The van der Waals surface area contributed by atoms with Crippen molar-refractivity contribution in [1.29, 1.82) is 0 Å². The summed E-state index contributed by atoms with van der Waals surface area (Å²) < 4.78 is 11.7. The molecule has 1 unspecified atom stereocenters. The summed E-state index contributed by atoms with van der Waals surface area (Å²) in [5.41, 5.74) is 3.71. The summed E-state index contributed by atoms with van der Waals surface area (Å²) in [5, 5.41) is 0. The van der Waals surface area contributed by atoms with E-state index in [2.05, 4.69) is 9.97 Å². The van der Waals surface area contributed by atoms with Gasteiger partial charge in [-0.2, -0.15) is 0 Å². The van der Waals surface area contributed by atoms with Gasteiger partial charge in [-0.15, -0.1) is 0 Å². The zero-order chi connectivity index (χ0) is 21.4. The molecule has 1 aromatic heterocycles. The second-order valence-corrected chi connectivity index (χ2v) is 8.41. The molecule has 0 spiro atoms. The van der Waals surface area contributed by atoms with Crippen LogP contribution in [0.2, 0.25) is 0 Å². The number of hydrogen-bond acceptors (Lipinski definition) is 4. The molecule has 0 radical (unpaired) electrons. The first kappa shape index (κ1) is 19.7. The number of anilines is 1. The Labute approximate surface area is 181 Å². The molecule has 2 aromatic carbocycles. The number of benzene rings is 2. The zero-order valence-corrected chi connectivity index (χ0v) is 17.9. The van der Waals surface area contributed by atoms with Gasteiger partial charge in [0.05, 0.1) is 36.6 Å². The molecular formula is C25H27N3O3. The highest BCUT2D eigenvalue weighted by Crippen LogP contribution is 2.41. The van der Waals surface area contributed by atoms with Crippen LogP contribution < -0.4 is 9.64 Å². The molecule has 1 saturated carbocycles. The number of amides is 1. The molecule has 2 heterocycles. The van der Waals surface area contributed by atoms with Gasteiger partial charge in [0.1, 0.15) is 5.75 Å². The molecule has 0 bridgehead atoms. The van der Waals surface area contributed by atoms with E-state index >= 15 is 0 Å². The van der Waals surface area contributed by atoms with Gasteiger partial charge in [-0.05, 0) is 74.4 Å². The van der Waals surface area contributed by atoms with E-state index in [0.717, 1.165) is 53.7 Å². The SMILES string of the molecule is COC1=C(C)C(C2CCC(Oc3ccccc3)CC2)N(c2ccc3nc[nH]c3c2)C1=O. The third-order valence-electron chi connectivity index (χ3n) is 6.59. The van der Waals surface area contributed by atoms with Crippen molar-refractivity contribution in [1.82, 2.24) is 9.97 Å². The summed E-state index contributed by atoms with van der Waals surface area (Å²) in [7, 11) is 1.58. The van der Waals surface area contributed by atoms with Gasteiger partial charge in [-0.25, -0.2) is 4.98 Å². The Balaban J connectivity index is 1.38. The van der Waals surface area contributed by atoms with Gasteiger partial charge >= 0.3 is 0 Å². The fraction of sp³-hybridized carbons (Fsp3) is 0.360. The number of fused-ring (bicyclic) bond motifs is 1. The Hall–Kier alpha value is -3.28. The lowest BCUT2D eigenvalue weighted by Crippen LogP contribution is -2.42. The van der Waals surface area contributed by atoms with Gasteiger partial charge in [0.2, 0.25) is 0 Å². The summed E-state index contributed by atoms with van der Waals surface area (Å²) in [4.78, 5) is 22.6. The maximum Gasteiger partial charge on any atom is 0.293 e. The van der Waals surface area contributed by atoms with Gasteiger partial charge in [0.25, 0.3) is 5.91 Å². The van der Waals surface area contributed by atoms with Crippen LogP contribution in [0.25, 0.3) is 11.0 Å². The van der Waals surface area contributed by atoms with Gasteiger partial charge in [-0.3, -0.25) is 9.69 Å². The smallest absolute Gasteiger partial charge is 0.293 e. The molecule has 1 atom stereocenters. The van der Waals surface area contributed by atoms with Crippen molar-refractivity contribution in [3.05, 3.63) is 66.2 Å². The van der Waals surface area contributed by atoms with Crippen LogP contribution in [0.15, 0.2) is 66.2 Å². The minimum atomic E-state index is -0.0634. The number of hydrogen-bond donors (Lipinski definition) is 1. The third kappa shape index (κ3) is 3.56. The number of ether oxygens (including phenoxy) is 2. The number of carbonyl (C=O) groups excluding carboxylic acids is 1. The van der Waals surface area contributed by atoms with Gasteiger partial charge in [0.15, 0.2) is 5.76 Å². The number of imidazole rings is 1. The number of nitrogens with one attached hydrogen (secondary N) is 1. The van der Waals surface area contributed by atoms with Crippen molar-refractivity contribution in [3.63, 3.8) is 0 Å². The van der Waals surface area contributed by atoms with Gasteiger partial charge in [0, 0.05) is 5.69 Å². The summed E-state index contributed by atoms with van der Waals surface area (Å²) in [6.07, 6.45) is 5.87. The van der Waals surface area contributed by atoms with Crippen molar-refractivity contribution in [3.8, 4) is 5.75 Å². The van der Waals surface area contributed by atoms with Crippen LogP contribution in [0.1, 0.15) is 32.6 Å². The van der Waals surface area contributed by atoms with Crippen LogP contribution in [0.4, 0.5) is 5.69 Å². The quantitative estimate of drug-likeness (QED) is 0.645. The molecule has 1 aliphatic carbocycles. The monoisotopic (exact) mass is 417 g/mol. The van der Waals surface area contributed by atoms with E-state index < -0.39 is 0 Å². The van der Waals surface area contributed by atoms with Crippen molar-refractivity contribution in [2.75, 3.05) is 12.0 Å². The average molecular weight is 418 g/mol. The summed E-state index contributed by atoms with van der Waals surface area (Å²) in [5.74, 6) is 1.70. The second-order valence-electron chi connectivity index (χ2n) is 8.41. The molecule has 160 valence electrons. The Bertz CT molecular complexity index is 1110. The highest BCUT2D eigenvalue weighted by atomic mass is 16.5. The van der Waals surface area contributed by atoms with E-state index in [0.29, 0.717) is 11.7 Å². The number of aromatic amines is 1. The van der Waals surface area contributed by atoms with Crippen LogP contribution in [-0.4, -0.2) is 35.1 Å². The molecule has 6 nitrogen and oxygen atoms in total. The minimum Gasteiger partial charge on any atom is -0.491 e. The average Bonchev–Trinajstić information content (AvgIpc) is 3.36. The fourth-order valence-electron chi connectivity index (χ4n) is 5.11. The number of para-hydroxylation sites is 1. The molecule has 31 heavy (non-hydrogen) atoms. The Morgan fingerprint density at radius 2 is 1.84 bits per heavy atom. The van der Waals surface area contributed by atoms with Crippen LogP contribution in [0.3, 0.4) is 0 Å². The lowest BCUT2D eigenvalue weighted by Gasteiger charge is -2.37. The lowest BCUT2D eigenvalue weighted by molar-refractivity contribution is -0.117. The second kappa shape index (κ2) is 8.10. The van der Waals surface area contributed by atoms with E-state index in [-0.39, 0.29) is 18.1 Å². The predicted octanol–water partition coefficient (Wildman–Crippen LogP) is 4.84. The summed E-state index contributed by atoms with van der Waals surface area (Å²) in [6.45, 7) is 2.03. The van der Waals surface area contributed by atoms with Crippen LogP contribution in [0, 0.1) is 5.92 Å². The third-order valence-corrected chi connectivity index (χ3v) is 6.59. The molecule has 2 aliphatic rings. The first-order chi connectivity index (χ1) is 15.2. The van der Waals surface area contributed by atoms with Crippen LogP contribution >= 0.6 is 0 Å². The van der Waals surface area contributed by atoms with Crippen LogP contribution in [0.5, 0.6) is 5.75 Å². The maximum atomic E-state index is 13.3. The highest BCUT2D eigenvalue weighted by Gasteiger charge is 2.44. The van der Waals surface area contributed by atoms with Gasteiger partial charge in [-0.1, -0.05) is 18.2 Å². The molecule has 1 aliphatic heterocycles. The molecule has 5 rings (SSSR count). The molecule has 0 saturated heterocycles. The number of methoxy groups -OCH3 is 1. The van der Waals surface area contributed by atoms with Crippen molar-refractivity contribution < 1.29 is 14.3 Å². The number of rotatable bonds is 5. The molecule has 1 N–H and O–H groups in total. The molecule has 1 amide bonds. The topological polar surface area (TPSA) is 67.5 Å². The minimum absolute atomic E-state index is 0.000460. The van der Waals surface area contributed by atoms with Gasteiger partial charge < -0.3 is 14.5 Å². The highest BCUT2D eigenvalue weighted by molar-refractivity contribution is 6.09. The van der Waals surface area contributed by atoms with Crippen molar-refractivity contribution >= 4 is 22.6 Å².